The molecule has 1 aromatic rings. The van der Waals surface area contributed by atoms with E-state index in [1.54, 1.807) is 0 Å². The lowest BCUT2D eigenvalue weighted by Gasteiger charge is -2.49. The van der Waals surface area contributed by atoms with Crippen molar-refractivity contribution in [3.8, 4) is 0 Å². The molecule has 2 nitrogen and oxygen atoms in total. The van der Waals surface area contributed by atoms with E-state index in [1.807, 2.05) is 0 Å². The standard InChI is InChI=1S/C20H31NO/c1-21(2)19(16-10-4-3-5-11-16)18-14-8-9-15-20(18,22)17-12-6-7-13-17/h3-5,10-11,17-19,22H,6-9,12-15H2,1-2H3. The Morgan fingerprint density at radius 2 is 1.64 bits per heavy atom. The van der Waals surface area contributed by atoms with E-state index in [9.17, 15) is 5.11 Å². The van der Waals surface area contributed by atoms with Crippen LogP contribution < -0.4 is 0 Å². The average Bonchev–Trinajstić information content (AvgIpc) is 3.05. The van der Waals surface area contributed by atoms with Gasteiger partial charge in [-0.1, -0.05) is 56.0 Å². The van der Waals surface area contributed by atoms with E-state index in [-0.39, 0.29) is 0 Å². The molecule has 0 amide bonds. The molecule has 0 heterocycles. The summed E-state index contributed by atoms with van der Waals surface area (Å²) < 4.78 is 0. The van der Waals surface area contributed by atoms with Gasteiger partial charge in [0.05, 0.1) is 5.60 Å². The third-order valence-electron chi connectivity index (χ3n) is 6.13. The minimum absolute atomic E-state index is 0.326. The molecule has 2 aliphatic carbocycles. The molecular weight excluding hydrogens is 270 g/mol. The Morgan fingerprint density at radius 1 is 1.00 bits per heavy atom. The van der Waals surface area contributed by atoms with Crippen molar-refractivity contribution in [1.82, 2.24) is 4.90 Å². The van der Waals surface area contributed by atoms with Crippen LogP contribution in [0.4, 0.5) is 0 Å². The van der Waals surface area contributed by atoms with Gasteiger partial charge in [-0.15, -0.1) is 0 Å². The van der Waals surface area contributed by atoms with Crippen LogP contribution in [0.15, 0.2) is 30.3 Å². The number of rotatable bonds is 4. The van der Waals surface area contributed by atoms with Gasteiger partial charge in [0.2, 0.25) is 0 Å². The SMILES string of the molecule is CN(C)C(c1ccccc1)C1CCCCC1(O)C1CCCC1. The Hall–Kier alpha value is -0.860. The van der Waals surface area contributed by atoms with Crippen LogP contribution in [0, 0.1) is 11.8 Å². The summed E-state index contributed by atoms with van der Waals surface area (Å²) >= 11 is 0. The van der Waals surface area contributed by atoms with Crippen molar-refractivity contribution in [3.05, 3.63) is 35.9 Å². The summed E-state index contributed by atoms with van der Waals surface area (Å²) in [5, 5.41) is 11.7. The van der Waals surface area contributed by atoms with Crippen LogP contribution in [0.25, 0.3) is 0 Å². The largest absolute Gasteiger partial charge is 0.389 e. The van der Waals surface area contributed by atoms with E-state index in [4.69, 9.17) is 0 Å². The van der Waals surface area contributed by atoms with Gasteiger partial charge in [-0.3, -0.25) is 0 Å². The predicted molar refractivity (Wildman–Crippen MR) is 91.7 cm³/mol. The zero-order valence-corrected chi connectivity index (χ0v) is 14.2. The van der Waals surface area contributed by atoms with Gasteiger partial charge in [0, 0.05) is 12.0 Å². The van der Waals surface area contributed by atoms with Crippen LogP contribution in [0.3, 0.4) is 0 Å². The summed E-state index contributed by atoms with van der Waals surface area (Å²) in [7, 11) is 4.34. The fourth-order valence-electron chi connectivity index (χ4n) is 5.11. The van der Waals surface area contributed by atoms with Gasteiger partial charge in [-0.05, 0) is 51.3 Å². The molecule has 3 unspecified atom stereocenters. The molecule has 0 aromatic heterocycles. The highest BCUT2D eigenvalue weighted by molar-refractivity contribution is 5.21. The van der Waals surface area contributed by atoms with Crippen molar-refractivity contribution in [3.63, 3.8) is 0 Å². The molecule has 22 heavy (non-hydrogen) atoms. The Kier molecular flexibility index (Phi) is 4.89. The lowest BCUT2D eigenvalue weighted by Crippen LogP contribution is -2.51. The quantitative estimate of drug-likeness (QED) is 0.891. The first kappa shape index (κ1) is 16.0. The first-order chi connectivity index (χ1) is 10.6. The van der Waals surface area contributed by atoms with Crippen molar-refractivity contribution >= 4 is 0 Å². The molecule has 1 N–H and O–H groups in total. The molecule has 2 fully saturated rings. The van der Waals surface area contributed by atoms with Crippen molar-refractivity contribution < 1.29 is 5.11 Å². The zero-order valence-electron chi connectivity index (χ0n) is 14.2. The summed E-state index contributed by atoms with van der Waals surface area (Å²) in [6, 6.07) is 11.1. The summed E-state index contributed by atoms with van der Waals surface area (Å²) in [4.78, 5) is 2.32. The Labute approximate surface area is 135 Å². The molecular formula is C20H31NO. The number of hydrogen-bond donors (Lipinski definition) is 1. The number of nitrogens with zero attached hydrogens (tertiary/aromatic N) is 1. The molecule has 2 heteroatoms. The van der Waals surface area contributed by atoms with Crippen molar-refractivity contribution in [2.24, 2.45) is 11.8 Å². The molecule has 1 aromatic carbocycles. The molecule has 0 aliphatic heterocycles. The van der Waals surface area contributed by atoms with Crippen LogP contribution in [0.1, 0.15) is 63.0 Å². The van der Waals surface area contributed by atoms with Gasteiger partial charge < -0.3 is 10.0 Å². The van der Waals surface area contributed by atoms with Gasteiger partial charge in [-0.2, -0.15) is 0 Å². The summed E-state index contributed by atoms with van der Waals surface area (Å²) in [5.74, 6) is 0.880. The maximum Gasteiger partial charge on any atom is 0.0722 e. The van der Waals surface area contributed by atoms with Crippen molar-refractivity contribution in [2.75, 3.05) is 14.1 Å². The van der Waals surface area contributed by atoms with E-state index >= 15 is 0 Å². The maximum absolute atomic E-state index is 11.7. The summed E-state index contributed by atoms with van der Waals surface area (Å²) in [5.41, 5.74) is 0.898. The van der Waals surface area contributed by atoms with E-state index in [0.717, 1.165) is 12.8 Å². The van der Waals surface area contributed by atoms with E-state index in [2.05, 4.69) is 49.3 Å². The Balaban J connectivity index is 1.93. The van der Waals surface area contributed by atoms with Gasteiger partial charge in [0.15, 0.2) is 0 Å². The van der Waals surface area contributed by atoms with Crippen LogP contribution in [0.2, 0.25) is 0 Å². The molecule has 0 saturated heterocycles. The van der Waals surface area contributed by atoms with Gasteiger partial charge in [-0.25, -0.2) is 0 Å². The van der Waals surface area contributed by atoms with Gasteiger partial charge >= 0.3 is 0 Å². The Morgan fingerprint density at radius 3 is 2.27 bits per heavy atom. The highest BCUT2D eigenvalue weighted by Gasteiger charge is 2.49. The molecule has 2 aliphatic rings. The monoisotopic (exact) mass is 301 g/mol. The topological polar surface area (TPSA) is 23.5 Å². The fraction of sp³-hybridized carbons (Fsp3) is 0.700. The minimum atomic E-state index is -0.459. The molecule has 0 radical (unpaired) electrons. The normalized spacial score (nSPS) is 31.5. The lowest BCUT2D eigenvalue weighted by molar-refractivity contribution is -0.116. The highest BCUT2D eigenvalue weighted by atomic mass is 16.3. The summed E-state index contributed by atoms with van der Waals surface area (Å²) in [6.45, 7) is 0. The second kappa shape index (κ2) is 6.72. The Bertz CT molecular complexity index is 466. The second-order valence-corrected chi connectivity index (χ2v) is 7.64. The third-order valence-corrected chi connectivity index (χ3v) is 6.13. The van der Waals surface area contributed by atoms with Gasteiger partial charge in [0.25, 0.3) is 0 Å². The molecule has 2 saturated carbocycles. The van der Waals surface area contributed by atoms with Crippen LogP contribution >= 0.6 is 0 Å². The van der Waals surface area contributed by atoms with Crippen molar-refractivity contribution in [1.29, 1.82) is 0 Å². The highest BCUT2D eigenvalue weighted by Crippen LogP contribution is 2.50. The maximum atomic E-state index is 11.7. The van der Waals surface area contributed by atoms with Crippen LogP contribution in [-0.2, 0) is 0 Å². The number of aliphatic hydroxyl groups is 1. The molecule has 3 atom stereocenters. The third kappa shape index (κ3) is 2.96. The molecule has 122 valence electrons. The second-order valence-electron chi connectivity index (χ2n) is 7.64. The first-order valence-corrected chi connectivity index (χ1v) is 9.06. The fourth-order valence-corrected chi connectivity index (χ4v) is 5.11. The molecule has 3 rings (SSSR count). The van der Waals surface area contributed by atoms with Crippen molar-refractivity contribution in [2.45, 2.75) is 63.0 Å². The number of hydrogen-bond acceptors (Lipinski definition) is 2. The van der Waals surface area contributed by atoms with E-state index in [1.165, 1.54) is 44.1 Å². The molecule has 0 spiro atoms. The summed E-state index contributed by atoms with van der Waals surface area (Å²) in [6.07, 6.45) is 9.67. The zero-order chi connectivity index (χ0) is 15.6. The minimum Gasteiger partial charge on any atom is -0.389 e. The van der Waals surface area contributed by atoms with Gasteiger partial charge in [0.1, 0.15) is 0 Å². The molecule has 0 bridgehead atoms. The van der Waals surface area contributed by atoms with Crippen LogP contribution in [0.5, 0.6) is 0 Å². The lowest BCUT2D eigenvalue weighted by atomic mass is 9.64. The smallest absolute Gasteiger partial charge is 0.0722 e. The predicted octanol–water partition coefficient (Wildman–Crippen LogP) is 4.40. The van der Waals surface area contributed by atoms with E-state index < -0.39 is 5.60 Å². The number of benzene rings is 1. The van der Waals surface area contributed by atoms with Crippen LogP contribution in [-0.4, -0.2) is 29.7 Å². The first-order valence-electron chi connectivity index (χ1n) is 9.06. The average molecular weight is 301 g/mol. The van der Waals surface area contributed by atoms with E-state index in [0.29, 0.717) is 17.9 Å².